The predicted molar refractivity (Wildman–Crippen MR) is 66.3 cm³/mol. The minimum Gasteiger partial charge on any atom is -0.474 e. The van der Waals surface area contributed by atoms with E-state index in [0.29, 0.717) is 12.3 Å². The van der Waals surface area contributed by atoms with E-state index >= 15 is 0 Å². The van der Waals surface area contributed by atoms with Crippen molar-refractivity contribution < 1.29 is 14.3 Å². The average molecular weight is 251 g/mol. The standard InChI is InChI=1S/C12H17N3O3/c13-8-5-10(11(14)16)12(15-6-8)18-7-9-3-1-2-4-17-9/h5-6,9H,1-4,7,13H2,(H2,14,16). The van der Waals surface area contributed by atoms with Gasteiger partial charge in [-0.25, -0.2) is 4.98 Å². The van der Waals surface area contributed by atoms with Crippen LogP contribution in [0, 0.1) is 0 Å². The van der Waals surface area contributed by atoms with E-state index in [4.69, 9.17) is 20.9 Å². The largest absolute Gasteiger partial charge is 0.474 e. The Kier molecular flexibility index (Phi) is 3.99. The van der Waals surface area contributed by atoms with Crippen LogP contribution in [0.3, 0.4) is 0 Å². The Hall–Kier alpha value is -1.82. The summed E-state index contributed by atoms with van der Waals surface area (Å²) in [6, 6.07) is 1.46. The van der Waals surface area contributed by atoms with E-state index in [1.165, 1.54) is 12.3 Å². The van der Waals surface area contributed by atoms with Crippen molar-refractivity contribution in [2.45, 2.75) is 25.4 Å². The van der Waals surface area contributed by atoms with E-state index in [0.717, 1.165) is 25.9 Å². The van der Waals surface area contributed by atoms with Crippen LogP contribution in [0.15, 0.2) is 12.3 Å². The highest BCUT2D eigenvalue weighted by Gasteiger charge is 2.17. The van der Waals surface area contributed by atoms with E-state index in [2.05, 4.69) is 4.98 Å². The molecule has 6 nitrogen and oxygen atoms in total. The summed E-state index contributed by atoms with van der Waals surface area (Å²) in [7, 11) is 0. The Bertz CT molecular complexity index is 431. The third kappa shape index (κ3) is 3.10. The maximum absolute atomic E-state index is 11.2. The lowest BCUT2D eigenvalue weighted by molar-refractivity contribution is -0.0120. The molecule has 1 amide bonds. The molecule has 1 saturated heterocycles. The summed E-state index contributed by atoms with van der Waals surface area (Å²) in [6.45, 7) is 1.13. The number of hydrogen-bond acceptors (Lipinski definition) is 5. The highest BCUT2D eigenvalue weighted by molar-refractivity contribution is 5.95. The molecule has 98 valence electrons. The van der Waals surface area contributed by atoms with Gasteiger partial charge < -0.3 is 20.9 Å². The topological polar surface area (TPSA) is 100 Å². The Morgan fingerprint density at radius 2 is 2.39 bits per heavy atom. The first-order valence-corrected chi connectivity index (χ1v) is 5.96. The molecule has 0 radical (unpaired) electrons. The predicted octanol–water partition coefficient (Wildman–Crippen LogP) is 0.711. The molecule has 0 spiro atoms. The molecule has 1 aromatic rings. The van der Waals surface area contributed by atoms with Crippen LogP contribution < -0.4 is 16.2 Å². The van der Waals surface area contributed by atoms with Gasteiger partial charge >= 0.3 is 0 Å². The molecule has 0 saturated carbocycles. The second-order valence-corrected chi connectivity index (χ2v) is 4.29. The van der Waals surface area contributed by atoms with Gasteiger partial charge in [-0.15, -0.1) is 0 Å². The molecule has 6 heteroatoms. The maximum atomic E-state index is 11.2. The number of aromatic nitrogens is 1. The molecular weight excluding hydrogens is 234 g/mol. The first-order valence-electron chi connectivity index (χ1n) is 5.96. The summed E-state index contributed by atoms with van der Waals surface area (Å²) in [6.07, 6.45) is 4.66. The quantitative estimate of drug-likeness (QED) is 0.820. The molecule has 2 rings (SSSR count). The molecule has 4 N–H and O–H groups in total. The normalized spacial score (nSPS) is 19.4. The SMILES string of the molecule is NC(=O)c1cc(N)cnc1OCC1CCCCO1. The van der Waals surface area contributed by atoms with Gasteiger partial charge in [-0.2, -0.15) is 0 Å². The van der Waals surface area contributed by atoms with E-state index < -0.39 is 5.91 Å². The molecule has 0 aromatic carbocycles. The van der Waals surface area contributed by atoms with Crippen LogP contribution >= 0.6 is 0 Å². The van der Waals surface area contributed by atoms with Gasteiger partial charge in [-0.05, 0) is 25.3 Å². The van der Waals surface area contributed by atoms with Crippen LogP contribution in [-0.2, 0) is 4.74 Å². The van der Waals surface area contributed by atoms with E-state index in [1.807, 2.05) is 0 Å². The Morgan fingerprint density at radius 3 is 3.06 bits per heavy atom. The van der Waals surface area contributed by atoms with Gasteiger partial charge in [0.2, 0.25) is 5.88 Å². The number of rotatable bonds is 4. The van der Waals surface area contributed by atoms with E-state index in [1.54, 1.807) is 0 Å². The molecule has 1 aliphatic heterocycles. The van der Waals surface area contributed by atoms with Gasteiger partial charge in [0.25, 0.3) is 5.91 Å². The first kappa shape index (κ1) is 12.6. The fourth-order valence-corrected chi connectivity index (χ4v) is 1.87. The highest BCUT2D eigenvalue weighted by atomic mass is 16.5. The Balaban J connectivity index is 2.01. The zero-order chi connectivity index (χ0) is 13.0. The molecule has 1 fully saturated rings. The van der Waals surface area contributed by atoms with Crippen molar-refractivity contribution in [3.8, 4) is 5.88 Å². The highest BCUT2D eigenvalue weighted by Crippen LogP contribution is 2.19. The average Bonchev–Trinajstić information content (AvgIpc) is 2.38. The minimum absolute atomic E-state index is 0.0545. The molecule has 1 atom stereocenters. The number of nitrogens with two attached hydrogens (primary N) is 2. The number of carbonyl (C=O) groups is 1. The molecule has 1 unspecified atom stereocenters. The van der Waals surface area contributed by atoms with E-state index in [9.17, 15) is 4.79 Å². The zero-order valence-electron chi connectivity index (χ0n) is 10.1. The summed E-state index contributed by atoms with van der Waals surface area (Å²) >= 11 is 0. The van der Waals surface area contributed by atoms with Crippen LogP contribution in [0.2, 0.25) is 0 Å². The van der Waals surface area contributed by atoms with Gasteiger partial charge in [-0.3, -0.25) is 4.79 Å². The fraction of sp³-hybridized carbons (Fsp3) is 0.500. The molecule has 0 aliphatic carbocycles. The Morgan fingerprint density at radius 1 is 1.56 bits per heavy atom. The Labute approximate surface area is 105 Å². The van der Waals surface area contributed by atoms with Crippen LogP contribution in [0.1, 0.15) is 29.6 Å². The van der Waals surface area contributed by atoms with Crippen LogP contribution in [-0.4, -0.2) is 30.2 Å². The van der Waals surface area contributed by atoms with Gasteiger partial charge in [0.05, 0.1) is 18.0 Å². The molecule has 1 aromatic heterocycles. The molecule has 2 heterocycles. The number of anilines is 1. The number of ether oxygens (including phenoxy) is 2. The summed E-state index contributed by atoms with van der Waals surface area (Å²) in [5.41, 5.74) is 11.4. The summed E-state index contributed by atoms with van der Waals surface area (Å²) in [4.78, 5) is 15.2. The third-order valence-electron chi connectivity index (χ3n) is 2.82. The number of nitrogens with zero attached hydrogens (tertiary/aromatic N) is 1. The number of amides is 1. The summed E-state index contributed by atoms with van der Waals surface area (Å²) in [5, 5.41) is 0. The van der Waals surface area contributed by atoms with Crippen molar-refractivity contribution >= 4 is 11.6 Å². The first-order chi connectivity index (χ1) is 8.66. The second-order valence-electron chi connectivity index (χ2n) is 4.29. The smallest absolute Gasteiger partial charge is 0.254 e. The van der Waals surface area contributed by atoms with Crippen molar-refractivity contribution in [3.05, 3.63) is 17.8 Å². The molecule has 18 heavy (non-hydrogen) atoms. The van der Waals surface area contributed by atoms with Crippen LogP contribution in [0.25, 0.3) is 0 Å². The monoisotopic (exact) mass is 251 g/mol. The van der Waals surface area contributed by atoms with Gasteiger partial charge in [0.15, 0.2) is 0 Å². The number of hydrogen-bond donors (Lipinski definition) is 2. The lowest BCUT2D eigenvalue weighted by atomic mass is 10.1. The molecule has 1 aliphatic rings. The lowest BCUT2D eigenvalue weighted by Gasteiger charge is -2.22. The second kappa shape index (κ2) is 5.68. The fourth-order valence-electron chi connectivity index (χ4n) is 1.87. The zero-order valence-corrected chi connectivity index (χ0v) is 10.1. The van der Waals surface area contributed by atoms with Crippen LogP contribution in [0.5, 0.6) is 5.88 Å². The summed E-state index contributed by atoms with van der Waals surface area (Å²) in [5.74, 6) is -0.389. The minimum atomic E-state index is -0.602. The van der Waals surface area contributed by atoms with Gasteiger partial charge in [0.1, 0.15) is 12.2 Å². The number of nitrogen functional groups attached to an aromatic ring is 1. The van der Waals surface area contributed by atoms with Crippen LogP contribution in [0.4, 0.5) is 5.69 Å². The van der Waals surface area contributed by atoms with Crippen molar-refractivity contribution in [1.82, 2.24) is 4.98 Å². The number of pyridine rings is 1. The third-order valence-corrected chi connectivity index (χ3v) is 2.82. The molecular formula is C12H17N3O3. The van der Waals surface area contributed by atoms with Gasteiger partial charge in [-0.1, -0.05) is 0 Å². The number of carbonyl (C=O) groups excluding carboxylic acids is 1. The van der Waals surface area contributed by atoms with E-state index in [-0.39, 0.29) is 17.5 Å². The van der Waals surface area contributed by atoms with Crippen molar-refractivity contribution in [1.29, 1.82) is 0 Å². The lowest BCUT2D eigenvalue weighted by Crippen LogP contribution is -2.26. The van der Waals surface area contributed by atoms with Crippen molar-refractivity contribution in [3.63, 3.8) is 0 Å². The van der Waals surface area contributed by atoms with Crippen molar-refractivity contribution in [2.24, 2.45) is 5.73 Å². The van der Waals surface area contributed by atoms with Crippen molar-refractivity contribution in [2.75, 3.05) is 18.9 Å². The maximum Gasteiger partial charge on any atom is 0.254 e. The number of primary amides is 1. The van der Waals surface area contributed by atoms with Gasteiger partial charge in [0, 0.05) is 6.61 Å². The molecule has 0 bridgehead atoms. The summed E-state index contributed by atoms with van der Waals surface area (Å²) < 4.78 is 11.0.